The van der Waals surface area contributed by atoms with Crippen molar-refractivity contribution in [2.75, 3.05) is 5.73 Å². The Labute approximate surface area is 116 Å². The first-order chi connectivity index (χ1) is 8.83. The Bertz CT molecular complexity index is 700. The van der Waals surface area contributed by atoms with Gasteiger partial charge in [0.15, 0.2) is 5.82 Å². The van der Waals surface area contributed by atoms with E-state index < -0.39 is 10.0 Å². The zero-order valence-corrected chi connectivity index (χ0v) is 12.6. The fourth-order valence-corrected chi connectivity index (χ4v) is 4.02. The van der Waals surface area contributed by atoms with Gasteiger partial charge in [-0.1, -0.05) is 0 Å². The summed E-state index contributed by atoms with van der Waals surface area (Å²) < 4.78 is 28.5. The summed E-state index contributed by atoms with van der Waals surface area (Å²) in [5.74, 6) is 0.0235. The van der Waals surface area contributed by atoms with E-state index in [2.05, 4.69) is 9.82 Å². The van der Waals surface area contributed by atoms with Crippen molar-refractivity contribution in [2.24, 2.45) is 7.05 Å². The third-order valence-electron chi connectivity index (χ3n) is 2.96. The highest BCUT2D eigenvalue weighted by Crippen LogP contribution is 2.22. The third-order valence-corrected chi connectivity index (χ3v) is 5.55. The largest absolute Gasteiger partial charge is 0.381 e. The monoisotopic (exact) mass is 300 g/mol. The van der Waals surface area contributed by atoms with Crippen LogP contribution in [0.5, 0.6) is 0 Å². The highest BCUT2D eigenvalue weighted by molar-refractivity contribution is 7.89. The second-order valence-electron chi connectivity index (χ2n) is 4.27. The molecule has 8 heteroatoms. The molecular formula is C11H16N4O2S2. The van der Waals surface area contributed by atoms with Crippen molar-refractivity contribution in [3.63, 3.8) is 0 Å². The average Bonchev–Trinajstić information content (AvgIpc) is 2.82. The van der Waals surface area contributed by atoms with Gasteiger partial charge < -0.3 is 5.73 Å². The Hall–Kier alpha value is -1.38. The van der Waals surface area contributed by atoms with Crippen LogP contribution in [-0.2, 0) is 23.6 Å². The van der Waals surface area contributed by atoms with Crippen molar-refractivity contribution in [1.82, 2.24) is 14.5 Å². The molecule has 0 aliphatic heterocycles. The van der Waals surface area contributed by atoms with E-state index >= 15 is 0 Å². The smallest absolute Gasteiger partial charge is 0.246 e. The lowest BCUT2D eigenvalue weighted by atomic mass is 10.3. The van der Waals surface area contributed by atoms with E-state index in [1.165, 1.54) is 16.0 Å². The minimum Gasteiger partial charge on any atom is -0.381 e. The number of nitrogen functional groups attached to an aromatic ring is 1. The quantitative estimate of drug-likeness (QED) is 0.886. The predicted molar refractivity (Wildman–Crippen MR) is 75.4 cm³/mol. The SMILES string of the molecule is Cc1ccsc1CNS(=O)(=O)c1c(N)nn(C)c1C. The molecule has 2 aromatic rings. The van der Waals surface area contributed by atoms with Crippen molar-refractivity contribution in [3.8, 4) is 0 Å². The maximum atomic E-state index is 12.3. The van der Waals surface area contributed by atoms with Crippen LogP contribution in [0.3, 0.4) is 0 Å². The Balaban J connectivity index is 2.26. The van der Waals surface area contributed by atoms with Crippen LogP contribution in [-0.4, -0.2) is 18.2 Å². The van der Waals surface area contributed by atoms with E-state index in [1.54, 1.807) is 14.0 Å². The van der Waals surface area contributed by atoms with E-state index in [0.29, 0.717) is 5.69 Å². The number of nitrogens with zero attached hydrogens (tertiary/aromatic N) is 2. The topological polar surface area (TPSA) is 90.0 Å². The van der Waals surface area contributed by atoms with Gasteiger partial charge in [-0.25, -0.2) is 13.1 Å². The predicted octanol–water partition coefficient (Wildman–Crippen LogP) is 1.16. The molecule has 104 valence electrons. The number of anilines is 1. The lowest BCUT2D eigenvalue weighted by Crippen LogP contribution is -2.24. The molecule has 2 aromatic heterocycles. The van der Waals surface area contributed by atoms with E-state index in [4.69, 9.17) is 5.73 Å². The van der Waals surface area contributed by atoms with Crippen molar-refractivity contribution in [3.05, 3.63) is 27.6 Å². The highest BCUT2D eigenvalue weighted by Gasteiger charge is 2.24. The van der Waals surface area contributed by atoms with E-state index in [-0.39, 0.29) is 17.3 Å². The van der Waals surface area contributed by atoms with Crippen molar-refractivity contribution >= 4 is 27.2 Å². The van der Waals surface area contributed by atoms with E-state index in [1.807, 2.05) is 18.4 Å². The minimum atomic E-state index is -3.65. The highest BCUT2D eigenvalue weighted by atomic mass is 32.2. The van der Waals surface area contributed by atoms with Crippen LogP contribution in [0.2, 0.25) is 0 Å². The summed E-state index contributed by atoms with van der Waals surface area (Å²) in [6.07, 6.45) is 0. The second kappa shape index (κ2) is 4.95. The lowest BCUT2D eigenvalue weighted by molar-refractivity contribution is 0.581. The van der Waals surface area contributed by atoms with Crippen LogP contribution < -0.4 is 10.5 Å². The molecule has 19 heavy (non-hydrogen) atoms. The summed E-state index contributed by atoms with van der Waals surface area (Å²) in [6.45, 7) is 3.89. The number of aromatic nitrogens is 2. The molecule has 0 bridgehead atoms. The number of hydrogen-bond acceptors (Lipinski definition) is 5. The van der Waals surface area contributed by atoms with Crippen molar-refractivity contribution < 1.29 is 8.42 Å². The molecule has 0 aliphatic rings. The first-order valence-electron chi connectivity index (χ1n) is 5.64. The number of hydrogen-bond donors (Lipinski definition) is 2. The number of aryl methyl sites for hydroxylation is 2. The van der Waals surface area contributed by atoms with Gasteiger partial charge >= 0.3 is 0 Å². The molecule has 0 unspecified atom stereocenters. The molecule has 0 saturated carbocycles. The molecule has 3 N–H and O–H groups in total. The molecule has 0 radical (unpaired) electrons. The lowest BCUT2D eigenvalue weighted by Gasteiger charge is -2.06. The van der Waals surface area contributed by atoms with E-state index in [9.17, 15) is 8.42 Å². The van der Waals surface area contributed by atoms with E-state index in [0.717, 1.165) is 10.4 Å². The standard InChI is InChI=1S/C11H16N4O2S2/c1-7-4-5-18-9(7)6-13-19(16,17)10-8(2)15(3)14-11(10)12/h4-5,13H,6H2,1-3H3,(H2,12,14). The van der Waals surface area contributed by atoms with Gasteiger partial charge in [0.2, 0.25) is 10.0 Å². The van der Waals surface area contributed by atoms with Crippen molar-refractivity contribution in [1.29, 1.82) is 0 Å². The fourth-order valence-electron chi connectivity index (χ4n) is 1.76. The Morgan fingerprint density at radius 1 is 1.47 bits per heavy atom. The summed E-state index contributed by atoms with van der Waals surface area (Å²) in [5.41, 5.74) is 7.25. The van der Waals surface area contributed by atoms with Gasteiger partial charge in [0.1, 0.15) is 4.90 Å². The number of sulfonamides is 1. The van der Waals surface area contributed by atoms with Crippen LogP contribution in [0.15, 0.2) is 16.3 Å². The maximum absolute atomic E-state index is 12.3. The molecule has 0 atom stereocenters. The van der Waals surface area contributed by atoms with Gasteiger partial charge in [0.25, 0.3) is 0 Å². The van der Waals surface area contributed by atoms with Crippen LogP contribution >= 0.6 is 11.3 Å². The summed E-state index contributed by atoms with van der Waals surface area (Å²) in [6, 6.07) is 1.96. The maximum Gasteiger partial charge on any atom is 0.246 e. The second-order valence-corrected chi connectivity index (χ2v) is 6.98. The number of rotatable bonds is 4. The van der Waals surface area contributed by atoms with Crippen LogP contribution in [0.25, 0.3) is 0 Å². The Kier molecular flexibility index (Phi) is 3.66. The summed E-state index contributed by atoms with van der Waals surface area (Å²) in [5, 5.41) is 5.85. The van der Waals surface area contributed by atoms with Gasteiger partial charge in [-0.15, -0.1) is 11.3 Å². The molecule has 0 saturated heterocycles. The Morgan fingerprint density at radius 2 is 2.16 bits per heavy atom. The number of thiophene rings is 1. The van der Waals surface area contributed by atoms with Gasteiger partial charge in [0.05, 0.1) is 5.69 Å². The molecule has 0 aliphatic carbocycles. The normalized spacial score (nSPS) is 11.9. The molecule has 2 rings (SSSR count). The minimum absolute atomic E-state index is 0.0235. The summed E-state index contributed by atoms with van der Waals surface area (Å²) in [4.78, 5) is 1.05. The van der Waals surface area contributed by atoms with Gasteiger partial charge in [0, 0.05) is 18.5 Å². The molecule has 2 heterocycles. The first kappa shape index (κ1) is 14.0. The molecule has 0 aromatic carbocycles. The molecule has 0 amide bonds. The van der Waals surface area contributed by atoms with Crippen LogP contribution in [0, 0.1) is 13.8 Å². The Morgan fingerprint density at radius 3 is 2.63 bits per heavy atom. The average molecular weight is 300 g/mol. The number of nitrogens with one attached hydrogen (secondary N) is 1. The summed E-state index contributed by atoms with van der Waals surface area (Å²) in [7, 11) is -1.98. The fraction of sp³-hybridized carbons (Fsp3) is 0.364. The molecular weight excluding hydrogens is 284 g/mol. The van der Waals surface area contributed by atoms with Crippen LogP contribution in [0.1, 0.15) is 16.1 Å². The summed E-state index contributed by atoms with van der Waals surface area (Å²) >= 11 is 1.52. The number of nitrogens with two attached hydrogens (primary N) is 1. The van der Waals surface area contributed by atoms with Gasteiger partial charge in [-0.3, -0.25) is 4.68 Å². The first-order valence-corrected chi connectivity index (χ1v) is 8.01. The third kappa shape index (κ3) is 2.65. The van der Waals surface area contributed by atoms with Gasteiger partial charge in [-0.05, 0) is 30.9 Å². The van der Waals surface area contributed by atoms with Crippen LogP contribution in [0.4, 0.5) is 5.82 Å². The molecule has 0 fully saturated rings. The molecule has 0 spiro atoms. The zero-order valence-electron chi connectivity index (χ0n) is 11.0. The van der Waals surface area contributed by atoms with Crippen molar-refractivity contribution in [2.45, 2.75) is 25.3 Å². The van der Waals surface area contributed by atoms with Gasteiger partial charge in [-0.2, -0.15) is 5.10 Å². The molecule has 6 nitrogen and oxygen atoms in total. The zero-order chi connectivity index (χ0) is 14.2.